The number of nitrogens with one attached hydrogen (secondary N) is 1. The van der Waals surface area contributed by atoms with Crippen molar-refractivity contribution in [2.45, 2.75) is 13.0 Å². The van der Waals surface area contributed by atoms with Gasteiger partial charge in [0.1, 0.15) is 6.04 Å². The number of rotatable bonds is 4. The fourth-order valence-electron chi connectivity index (χ4n) is 2.25. The first kappa shape index (κ1) is 16.9. The largest absolute Gasteiger partial charge is 0.365 e. The van der Waals surface area contributed by atoms with Gasteiger partial charge in [-0.05, 0) is 31.2 Å². The van der Waals surface area contributed by atoms with Crippen LogP contribution < -0.4 is 11.0 Å². The Labute approximate surface area is 149 Å². The number of para-hydroxylation sites is 1. The third kappa shape index (κ3) is 3.92. The molecule has 0 radical (unpaired) electrons. The quantitative estimate of drug-likeness (QED) is 0.780. The molecule has 1 atom stereocenters. The van der Waals surface area contributed by atoms with Crippen molar-refractivity contribution in [2.24, 2.45) is 0 Å². The van der Waals surface area contributed by atoms with Crippen LogP contribution in [0, 0.1) is 0 Å². The first-order chi connectivity index (χ1) is 12.0. The van der Waals surface area contributed by atoms with Crippen LogP contribution in [0.4, 0.5) is 5.69 Å². The van der Waals surface area contributed by atoms with Gasteiger partial charge >= 0.3 is 5.69 Å². The van der Waals surface area contributed by atoms with E-state index in [0.717, 1.165) is 10.2 Å². The monoisotopic (exact) mass is 354 g/mol. The molecule has 0 aliphatic heterocycles. The second kappa shape index (κ2) is 7.27. The molecule has 1 aromatic heterocycles. The number of benzene rings is 2. The maximum Gasteiger partial charge on any atom is 0.365 e. The van der Waals surface area contributed by atoms with Gasteiger partial charge in [0.2, 0.25) is 5.91 Å². The lowest BCUT2D eigenvalue weighted by Crippen LogP contribution is -2.34. The predicted molar refractivity (Wildman–Crippen MR) is 96.5 cm³/mol. The molecular weight excluding hydrogens is 340 g/mol. The van der Waals surface area contributed by atoms with Crippen LogP contribution in [-0.2, 0) is 4.79 Å². The van der Waals surface area contributed by atoms with E-state index in [1.54, 1.807) is 43.3 Å². The van der Waals surface area contributed by atoms with Gasteiger partial charge in [0, 0.05) is 16.3 Å². The number of carbonyl (C=O) groups excluding carboxylic acids is 1. The maximum absolute atomic E-state index is 12.3. The molecule has 7 heteroatoms. The van der Waals surface area contributed by atoms with Crippen LogP contribution in [0.25, 0.3) is 11.3 Å². The van der Waals surface area contributed by atoms with E-state index in [1.165, 1.54) is 6.20 Å². The molecule has 0 saturated carbocycles. The summed E-state index contributed by atoms with van der Waals surface area (Å²) >= 11 is 5.85. The van der Waals surface area contributed by atoms with Gasteiger partial charge < -0.3 is 5.32 Å². The lowest BCUT2D eigenvalue weighted by atomic mass is 10.2. The molecule has 0 aliphatic carbocycles. The van der Waals surface area contributed by atoms with Crippen molar-refractivity contribution in [1.29, 1.82) is 0 Å². The van der Waals surface area contributed by atoms with Gasteiger partial charge in [0.25, 0.3) is 0 Å². The summed E-state index contributed by atoms with van der Waals surface area (Å²) in [5.41, 5.74) is 1.21. The summed E-state index contributed by atoms with van der Waals surface area (Å²) in [6.45, 7) is 1.59. The highest BCUT2D eigenvalue weighted by atomic mass is 35.5. The average Bonchev–Trinajstić information content (AvgIpc) is 2.62. The Balaban J connectivity index is 1.81. The van der Waals surface area contributed by atoms with Crippen molar-refractivity contribution in [1.82, 2.24) is 14.8 Å². The lowest BCUT2D eigenvalue weighted by Gasteiger charge is -2.13. The zero-order valence-corrected chi connectivity index (χ0v) is 14.1. The Bertz CT molecular complexity index is 939. The SMILES string of the molecule is C[C@@H](C(=O)Nc1ccccc1)n1ncc(-c2ccc(Cl)cc2)nc1=O. The van der Waals surface area contributed by atoms with Crippen molar-refractivity contribution in [2.75, 3.05) is 5.32 Å². The minimum atomic E-state index is -0.792. The van der Waals surface area contributed by atoms with Gasteiger partial charge in [-0.2, -0.15) is 10.1 Å². The number of aromatic nitrogens is 3. The number of anilines is 1. The van der Waals surface area contributed by atoms with Crippen LogP contribution in [0.3, 0.4) is 0 Å². The number of amides is 1. The Morgan fingerprint density at radius 1 is 1.12 bits per heavy atom. The van der Waals surface area contributed by atoms with Gasteiger partial charge in [-0.25, -0.2) is 9.48 Å². The molecule has 2 aromatic carbocycles. The van der Waals surface area contributed by atoms with E-state index in [4.69, 9.17) is 11.6 Å². The van der Waals surface area contributed by atoms with Crippen LogP contribution in [0.5, 0.6) is 0 Å². The van der Waals surface area contributed by atoms with Crippen LogP contribution >= 0.6 is 11.6 Å². The molecule has 3 rings (SSSR count). The van der Waals surface area contributed by atoms with E-state index in [9.17, 15) is 9.59 Å². The molecule has 0 aliphatic rings. The van der Waals surface area contributed by atoms with Gasteiger partial charge in [0.15, 0.2) is 0 Å². The fraction of sp³-hybridized carbons (Fsp3) is 0.111. The van der Waals surface area contributed by atoms with Gasteiger partial charge in [-0.3, -0.25) is 4.79 Å². The molecule has 25 heavy (non-hydrogen) atoms. The molecule has 0 saturated heterocycles. The summed E-state index contributed by atoms with van der Waals surface area (Å²) in [4.78, 5) is 28.6. The van der Waals surface area contributed by atoms with Crippen LogP contribution in [-0.4, -0.2) is 20.7 Å². The van der Waals surface area contributed by atoms with Crippen molar-refractivity contribution in [3.63, 3.8) is 0 Å². The highest BCUT2D eigenvalue weighted by Gasteiger charge is 2.18. The summed E-state index contributed by atoms with van der Waals surface area (Å²) in [5, 5.41) is 7.42. The second-order valence-electron chi connectivity index (χ2n) is 5.41. The summed E-state index contributed by atoms with van der Waals surface area (Å²) < 4.78 is 1.05. The minimum Gasteiger partial charge on any atom is -0.324 e. The molecule has 0 spiro atoms. The average molecular weight is 355 g/mol. The third-order valence-electron chi connectivity index (χ3n) is 3.64. The van der Waals surface area contributed by atoms with Gasteiger partial charge in [0.05, 0.1) is 11.9 Å². The van der Waals surface area contributed by atoms with E-state index >= 15 is 0 Å². The summed E-state index contributed by atoms with van der Waals surface area (Å²) in [6.07, 6.45) is 1.46. The highest BCUT2D eigenvalue weighted by molar-refractivity contribution is 6.30. The van der Waals surface area contributed by atoms with E-state index in [1.807, 2.05) is 18.2 Å². The number of nitrogens with zero attached hydrogens (tertiary/aromatic N) is 3. The topological polar surface area (TPSA) is 76.9 Å². The Morgan fingerprint density at radius 3 is 2.44 bits per heavy atom. The molecule has 0 unspecified atom stereocenters. The van der Waals surface area contributed by atoms with Crippen molar-refractivity contribution in [3.05, 3.63) is 76.3 Å². The first-order valence-electron chi connectivity index (χ1n) is 7.62. The predicted octanol–water partition coefficient (Wildman–Crippen LogP) is 3.16. The Morgan fingerprint density at radius 2 is 1.80 bits per heavy atom. The first-order valence-corrected chi connectivity index (χ1v) is 8.00. The van der Waals surface area contributed by atoms with E-state index in [2.05, 4.69) is 15.4 Å². The number of halogens is 1. The Hall–Kier alpha value is -2.99. The van der Waals surface area contributed by atoms with Crippen LogP contribution in [0.15, 0.2) is 65.6 Å². The van der Waals surface area contributed by atoms with Gasteiger partial charge in [-0.1, -0.05) is 41.9 Å². The number of hydrogen-bond acceptors (Lipinski definition) is 4. The van der Waals surface area contributed by atoms with Crippen molar-refractivity contribution < 1.29 is 4.79 Å². The van der Waals surface area contributed by atoms with E-state index in [-0.39, 0.29) is 5.91 Å². The molecule has 0 fully saturated rings. The zero-order chi connectivity index (χ0) is 17.8. The summed E-state index contributed by atoms with van der Waals surface area (Å²) in [6, 6.07) is 15.1. The maximum atomic E-state index is 12.3. The molecule has 1 heterocycles. The highest BCUT2D eigenvalue weighted by Crippen LogP contribution is 2.18. The van der Waals surface area contributed by atoms with Gasteiger partial charge in [-0.15, -0.1) is 0 Å². The molecule has 0 bridgehead atoms. The molecule has 126 valence electrons. The number of carbonyl (C=O) groups is 1. The second-order valence-corrected chi connectivity index (χ2v) is 5.84. The smallest absolute Gasteiger partial charge is 0.324 e. The van der Waals surface area contributed by atoms with E-state index in [0.29, 0.717) is 16.4 Å². The Kier molecular flexibility index (Phi) is 4.90. The lowest BCUT2D eigenvalue weighted by molar-refractivity contribution is -0.119. The van der Waals surface area contributed by atoms with Crippen LogP contribution in [0.2, 0.25) is 5.02 Å². The van der Waals surface area contributed by atoms with E-state index < -0.39 is 11.7 Å². The molecule has 1 amide bonds. The van der Waals surface area contributed by atoms with Crippen LogP contribution in [0.1, 0.15) is 13.0 Å². The molecule has 1 N–H and O–H groups in total. The molecule has 6 nitrogen and oxygen atoms in total. The zero-order valence-electron chi connectivity index (χ0n) is 13.4. The molecular formula is C18H15ClN4O2. The summed E-state index contributed by atoms with van der Waals surface area (Å²) in [7, 11) is 0. The van der Waals surface area contributed by atoms with Crippen molar-refractivity contribution in [3.8, 4) is 11.3 Å². The standard InChI is InChI=1S/C18H15ClN4O2/c1-12(17(24)21-15-5-3-2-4-6-15)23-18(25)22-16(11-20-23)13-7-9-14(19)10-8-13/h2-12H,1H3,(H,21,24)/t12-/m0/s1. The molecule has 3 aromatic rings. The normalized spacial score (nSPS) is 11.8. The third-order valence-corrected chi connectivity index (χ3v) is 3.90. The fourth-order valence-corrected chi connectivity index (χ4v) is 2.38. The minimum absolute atomic E-state index is 0.346. The number of hydrogen-bond donors (Lipinski definition) is 1. The van der Waals surface area contributed by atoms with Crippen molar-refractivity contribution >= 4 is 23.2 Å². The summed E-state index contributed by atoms with van der Waals surface area (Å²) in [5.74, 6) is -0.346.